The van der Waals surface area contributed by atoms with Gasteiger partial charge in [0.05, 0.1) is 0 Å². The Morgan fingerprint density at radius 3 is 2.63 bits per heavy atom. The van der Waals surface area contributed by atoms with E-state index in [0.717, 1.165) is 19.6 Å². The van der Waals surface area contributed by atoms with Crippen LogP contribution < -0.4 is 9.80 Å². The Morgan fingerprint density at radius 2 is 2.00 bits per heavy atom. The average molecular weight is 286 g/mol. The molecule has 0 saturated carbocycles. The van der Waals surface area contributed by atoms with Crippen molar-refractivity contribution in [1.29, 1.82) is 0 Å². The maximum Gasteiger partial charge on any atom is 0.231 e. The van der Waals surface area contributed by atoms with Crippen LogP contribution in [0.15, 0.2) is 0 Å². The van der Waals surface area contributed by atoms with Crippen LogP contribution in [0.4, 0.5) is 11.9 Å². The molecule has 0 atom stereocenters. The van der Waals surface area contributed by atoms with E-state index in [9.17, 15) is 0 Å². The van der Waals surface area contributed by atoms with Crippen LogP contribution in [0.5, 0.6) is 0 Å². The van der Waals surface area contributed by atoms with E-state index in [-0.39, 0.29) is 11.9 Å². The van der Waals surface area contributed by atoms with E-state index < -0.39 is 0 Å². The molecule has 0 radical (unpaired) electrons. The van der Waals surface area contributed by atoms with Crippen molar-refractivity contribution in [1.82, 2.24) is 15.0 Å². The first kappa shape index (κ1) is 14.3. The topological polar surface area (TPSA) is 65.4 Å². The molecule has 0 bridgehead atoms. The van der Waals surface area contributed by atoms with Crippen molar-refractivity contribution < 1.29 is 5.11 Å². The molecule has 1 aromatic rings. The van der Waals surface area contributed by atoms with Gasteiger partial charge in [0, 0.05) is 32.8 Å². The molecule has 1 aliphatic rings. The van der Waals surface area contributed by atoms with Crippen molar-refractivity contribution in [2.24, 2.45) is 0 Å². The first-order valence-electron chi connectivity index (χ1n) is 6.77. The Bertz CT molecular complexity index is 411. The summed E-state index contributed by atoms with van der Waals surface area (Å²) in [5, 5.41) is 9.16. The monoisotopic (exact) mass is 285 g/mol. The number of hydrogen-bond acceptors (Lipinski definition) is 6. The molecule has 1 N–H and O–H groups in total. The number of aliphatic hydroxyl groups excluding tert-OH is 1. The van der Waals surface area contributed by atoms with Crippen LogP contribution in [0.25, 0.3) is 0 Å². The van der Waals surface area contributed by atoms with Gasteiger partial charge in [-0.25, -0.2) is 0 Å². The summed E-state index contributed by atoms with van der Waals surface area (Å²) >= 11 is 6.00. The molecule has 2 rings (SSSR count). The zero-order valence-corrected chi connectivity index (χ0v) is 12.0. The van der Waals surface area contributed by atoms with Crippen LogP contribution in [0.1, 0.15) is 26.2 Å². The Hall–Kier alpha value is -1.14. The van der Waals surface area contributed by atoms with E-state index in [2.05, 4.69) is 19.9 Å². The first-order valence-corrected chi connectivity index (χ1v) is 7.14. The Kier molecular flexibility index (Phi) is 5.15. The molecule has 1 fully saturated rings. The van der Waals surface area contributed by atoms with Crippen molar-refractivity contribution in [2.75, 3.05) is 42.6 Å². The van der Waals surface area contributed by atoms with E-state index >= 15 is 0 Å². The van der Waals surface area contributed by atoms with Gasteiger partial charge in [-0.1, -0.05) is 0 Å². The van der Waals surface area contributed by atoms with Crippen molar-refractivity contribution >= 4 is 23.5 Å². The molecule has 106 valence electrons. The molecule has 0 aromatic carbocycles. The Morgan fingerprint density at radius 1 is 1.26 bits per heavy atom. The molecule has 1 aromatic heterocycles. The molecular formula is C12H20ClN5O. The summed E-state index contributed by atoms with van der Waals surface area (Å²) in [5.41, 5.74) is 0. The molecule has 1 saturated heterocycles. The van der Waals surface area contributed by atoms with Crippen LogP contribution in [-0.4, -0.2) is 52.8 Å². The Labute approximate surface area is 118 Å². The van der Waals surface area contributed by atoms with Gasteiger partial charge in [0.2, 0.25) is 17.2 Å². The number of aromatic nitrogens is 3. The zero-order valence-electron chi connectivity index (χ0n) is 11.2. The predicted molar refractivity (Wildman–Crippen MR) is 75.9 cm³/mol. The third-order valence-electron chi connectivity index (χ3n) is 3.22. The summed E-state index contributed by atoms with van der Waals surface area (Å²) in [6.07, 6.45) is 3.03. The molecule has 0 amide bonds. The minimum atomic E-state index is 0.161. The van der Waals surface area contributed by atoms with Gasteiger partial charge in [-0.3, -0.25) is 0 Å². The van der Waals surface area contributed by atoms with E-state index in [1.807, 2.05) is 11.8 Å². The minimum Gasteiger partial charge on any atom is -0.396 e. The van der Waals surface area contributed by atoms with Gasteiger partial charge in [0.15, 0.2) is 0 Å². The number of halogens is 1. The largest absolute Gasteiger partial charge is 0.396 e. The predicted octanol–water partition coefficient (Wildman–Crippen LogP) is 1.33. The number of anilines is 2. The average Bonchev–Trinajstić information content (AvgIpc) is 2.93. The minimum absolute atomic E-state index is 0.161. The summed E-state index contributed by atoms with van der Waals surface area (Å²) in [6, 6.07) is 0. The van der Waals surface area contributed by atoms with Crippen molar-refractivity contribution in [3.63, 3.8) is 0 Å². The third-order valence-corrected chi connectivity index (χ3v) is 3.39. The van der Waals surface area contributed by atoms with Gasteiger partial charge in [-0.15, -0.1) is 0 Å². The quantitative estimate of drug-likeness (QED) is 0.851. The zero-order chi connectivity index (χ0) is 13.7. The standard InChI is InChI=1S/C12H20ClN5O/c1-2-17(8-5-9-19)11-14-10(13)15-12(16-11)18-6-3-4-7-18/h19H,2-9H2,1H3. The molecule has 19 heavy (non-hydrogen) atoms. The van der Waals surface area contributed by atoms with E-state index in [0.29, 0.717) is 24.9 Å². The summed E-state index contributed by atoms with van der Waals surface area (Å²) in [5.74, 6) is 1.26. The normalized spacial score (nSPS) is 15.0. The SMILES string of the molecule is CCN(CCCO)c1nc(Cl)nc(N2CCCC2)n1. The van der Waals surface area contributed by atoms with E-state index in [1.54, 1.807) is 0 Å². The van der Waals surface area contributed by atoms with Crippen LogP contribution >= 0.6 is 11.6 Å². The van der Waals surface area contributed by atoms with Crippen LogP contribution in [0, 0.1) is 0 Å². The van der Waals surface area contributed by atoms with Gasteiger partial charge in [0.25, 0.3) is 0 Å². The lowest BCUT2D eigenvalue weighted by Gasteiger charge is -2.22. The molecule has 7 heteroatoms. The van der Waals surface area contributed by atoms with Crippen molar-refractivity contribution in [3.05, 3.63) is 5.28 Å². The molecule has 0 unspecified atom stereocenters. The molecule has 1 aliphatic heterocycles. The fourth-order valence-electron chi connectivity index (χ4n) is 2.19. The van der Waals surface area contributed by atoms with Crippen molar-refractivity contribution in [2.45, 2.75) is 26.2 Å². The van der Waals surface area contributed by atoms with Gasteiger partial charge in [-0.2, -0.15) is 15.0 Å². The lowest BCUT2D eigenvalue weighted by atomic mass is 10.4. The maximum atomic E-state index is 8.93. The summed E-state index contributed by atoms with van der Waals surface area (Å²) in [7, 11) is 0. The molecule has 0 aliphatic carbocycles. The van der Waals surface area contributed by atoms with E-state index in [4.69, 9.17) is 16.7 Å². The highest BCUT2D eigenvalue weighted by Crippen LogP contribution is 2.20. The highest BCUT2D eigenvalue weighted by molar-refractivity contribution is 6.28. The van der Waals surface area contributed by atoms with Crippen LogP contribution in [0.3, 0.4) is 0 Å². The van der Waals surface area contributed by atoms with Crippen molar-refractivity contribution in [3.8, 4) is 0 Å². The van der Waals surface area contributed by atoms with Crippen LogP contribution in [-0.2, 0) is 0 Å². The third kappa shape index (κ3) is 3.67. The molecule has 0 spiro atoms. The highest BCUT2D eigenvalue weighted by atomic mass is 35.5. The highest BCUT2D eigenvalue weighted by Gasteiger charge is 2.18. The molecular weight excluding hydrogens is 266 g/mol. The lowest BCUT2D eigenvalue weighted by molar-refractivity contribution is 0.289. The van der Waals surface area contributed by atoms with Gasteiger partial charge in [0.1, 0.15) is 0 Å². The number of nitrogens with zero attached hydrogens (tertiary/aromatic N) is 5. The first-order chi connectivity index (χ1) is 9.24. The Balaban J connectivity index is 2.18. The van der Waals surface area contributed by atoms with E-state index in [1.165, 1.54) is 12.8 Å². The van der Waals surface area contributed by atoms with Gasteiger partial charge in [-0.05, 0) is 37.8 Å². The van der Waals surface area contributed by atoms with Crippen LogP contribution in [0.2, 0.25) is 5.28 Å². The summed E-state index contributed by atoms with van der Waals surface area (Å²) in [6.45, 7) is 5.64. The summed E-state index contributed by atoms with van der Waals surface area (Å²) < 4.78 is 0. The summed E-state index contributed by atoms with van der Waals surface area (Å²) in [4.78, 5) is 17.0. The number of rotatable bonds is 6. The van der Waals surface area contributed by atoms with Gasteiger partial charge < -0.3 is 14.9 Å². The number of hydrogen-bond donors (Lipinski definition) is 1. The fourth-order valence-corrected chi connectivity index (χ4v) is 2.34. The second-order valence-corrected chi connectivity index (χ2v) is 4.89. The fraction of sp³-hybridized carbons (Fsp3) is 0.750. The second-order valence-electron chi connectivity index (χ2n) is 4.56. The maximum absolute atomic E-state index is 8.93. The van der Waals surface area contributed by atoms with Gasteiger partial charge >= 0.3 is 0 Å². The molecule has 6 nitrogen and oxygen atoms in total. The smallest absolute Gasteiger partial charge is 0.231 e. The number of aliphatic hydroxyl groups is 1. The molecule has 2 heterocycles. The second kappa shape index (κ2) is 6.86. The lowest BCUT2D eigenvalue weighted by Crippen LogP contribution is -2.28.